The van der Waals surface area contributed by atoms with Gasteiger partial charge in [0.05, 0.1) is 0 Å². The van der Waals surface area contributed by atoms with Gasteiger partial charge in [-0.15, -0.1) is 0 Å². The third-order valence-corrected chi connectivity index (χ3v) is 1.34. The maximum Gasteiger partial charge on any atom is 0.179 e. The second-order valence-corrected chi connectivity index (χ2v) is 1.97. The summed E-state index contributed by atoms with van der Waals surface area (Å²) in [6, 6.07) is 0. The summed E-state index contributed by atoms with van der Waals surface area (Å²) in [5, 5.41) is 0. The predicted octanol–water partition coefficient (Wildman–Crippen LogP) is 0.311. The van der Waals surface area contributed by atoms with Crippen LogP contribution in [-0.2, 0) is 0 Å². The third kappa shape index (κ3) is 0.556. The van der Waals surface area contributed by atoms with Gasteiger partial charge in [-0.3, -0.25) is 0 Å². The van der Waals surface area contributed by atoms with Gasteiger partial charge < -0.3 is 10.1 Å². The summed E-state index contributed by atoms with van der Waals surface area (Å²) in [4.78, 5) is 7.87. The third-order valence-electron chi connectivity index (χ3n) is 1.34. The summed E-state index contributed by atoms with van der Waals surface area (Å²) in [7, 11) is 0. The largest absolute Gasteiger partial charge is 0.381 e. The number of aromatic nitrogens is 3. The van der Waals surface area contributed by atoms with Gasteiger partial charge >= 0.3 is 0 Å². The summed E-state index contributed by atoms with van der Waals surface area (Å²) in [6.45, 7) is 0. The fraction of sp³-hybridized carbons (Fsp3) is 0. The minimum absolute atomic E-state index is 0.465. The average molecular weight is 134 g/mol. The molecule has 0 unspecified atom stereocenters. The molecule has 10 heavy (non-hydrogen) atoms. The highest BCUT2D eigenvalue weighted by atomic mass is 15.0. The van der Waals surface area contributed by atoms with E-state index in [2.05, 4.69) is 9.97 Å². The van der Waals surface area contributed by atoms with Crippen molar-refractivity contribution in [2.24, 2.45) is 0 Å². The highest BCUT2D eigenvalue weighted by Crippen LogP contribution is 2.04. The lowest BCUT2D eigenvalue weighted by Gasteiger charge is -1.93. The van der Waals surface area contributed by atoms with Crippen LogP contribution in [0.5, 0.6) is 0 Å². The van der Waals surface area contributed by atoms with Gasteiger partial charge in [0, 0.05) is 24.8 Å². The molecule has 0 fully saturated rings. The molecule has 0 aliphatic heterocycles. The molecule has 0 radical (unpaired) electrons. The van der Waals surface area contributed by atoms with Crippen LogP contribution in [0.3, 0.4) is 0 Å². The lowest BCUT2D eigenvalue weighted by Crippen LogP contribution is -1.94. The number of hydrogen-bond acceptors (Lipinski definition) is 3. The van der Waals surface area contributed by atoms with Crippen molar-refractivity contribution in [3.05, 3.63) is 24.8 Å². The van der Waals surface area contributed by atoms with Crippen molar-refractivity contribution in [1.82, 2.24) is 14.4 Å². The van der Waals surface area contributed by atoms with Crippen molar-refractivity contribution in [1.29, 1.82) is 0 Å². The molecule has 2 heterocycles. The molecule has 4 nitrogen and oxygen atoms in total. The van der Waals surface area contributed by atoms with Gasteiger partial charge in [0.1, 0.15) is 0 Å². The van der Waals surface area contributed by atoms with E-state index in [0.29, 0.717) is 11.5 Å². The van der Waals surface area contributed by atoms with Crippen molar-refractivity contribution in [3.8, 4) is 0 Å². The minimum atomic E-state index is 0.465. The smallest absolute Gasteiger partial charge is 0.179 e. The number of rotatable bonds is 0. The first-order valence-corrected chi connectivity index (χ1v) is 2.91. The zero-order valence-corrected chi connectivity index (χ0v) is 5.23. The van der Waals surface area contributed by atoms with E-state index in [4.69, 9.17) is 5.73 Å². The Kier molecular flexibility index (Phi) is 0.887. The second kappa shape index (κ2) is 1.70. The maximum atomic E-state index is 5.51. The highest BCUT2D eigenvalue weighted by molar-refractivity contribution is 5.58. The zero-order valence-electron chi connectivity index (χ0n) is 5.23. The lowest BCUT2D eigenvalue weighted by atomic mass is 10.6. The summed E-state index contributed by atoms with van der Waals surface area (Å²) in [5.41, 5.74) is 6.22. The van der Waals surface area contributed by atoms with E-state index >= 15 is 0 Å². The summed E-state index contributed by atoms with van der Waals surface area (Å²) in [5.74, 6) is 0.465. The van der Waals surface area contributed by atoms with E-state index in [9.17, 15) is 0 Å². The molecule has 2 aromatic rings. The van der Waals surface area contributed by atoms with Gasteiger partial charge in [-0.2, -0.15) is 0 Å². The van der Waals surface area contributed by atoms with Gasteiger partial charge in [-0.25, -0.2) is 9.97 Å². The molecule has 50 valence electrons. The van der Waals surface area contributed by atoms with Crippen molar-refractivity contribution < 1.29 is 0 Å². The number of anilines is 1. The van der Waals surface area contributed by atoms with Crippen molar-refractivity contribution in [3.63, 3.8) is 0 Å². The van der Waals surface area contributed by atoms with Crippen LogP contribution in [0.1, 0.15) is 0 Å². The molecule has 0 aromatic carbocycles. The summed E-state index contributed by atoms with van der Waals surface area (Å²) < 4.78 is 1.82. The van der Waals surface area contributed by atoms with Crippen LogP contribution >= 0.6 is 0 Å². The van der Waals surface area contributed by atoms with Crippen LogP contribution in [0.2, 0.25) is 0 Å². The molecule has 0 bridgehead atoms. The monoisotopic (exact) mass is 134 g/mol. The molecule has 0 spiro atoms. The van der Waals surface area contributed by atoms with Crippen LogP contribution < -0.4 is 5.73 Å². The molecule has 0 saturated heterocycles. The van der Waals surface area contributed by atoms with Crippen molar-refractivity contribution in [2.75, 3.05) is 5.73 Å². The van der Waals surface area contributed by atoms with E-state index in [0.717, 1.165) is 0 Å². The Morgan fingerprint density at radius 2 is 1.90 bits per heavy atom. The van der Waals surface area contributed by atoms with Crippen LogP contribution in [0.15, 0.2) is 24.8 Å². The highest BCUT2D eigenvalue weighted by Gasteiger charge is 1.95. The maximum absolute atomic E-state index is 5.51. The number of fused-ring (bicyclic) bond motifs is 1. The standard InChI is InChI=1S/C6H6N4/c7-5-6-9-2-4-10(6)3-1-8-5/h1-4H,(H2,7,8). The number of nitrogens with zero attached hydrogens (tertiary/aromatic N) is 3. The fourth-order valence-corrected chi connectivity index (χ4v) is 0.875. The molecule has 0 aliphatic carbocycles. The molecule has 0 amide bonds. The van der Waals surface area contributed by atoms with Gasteiger partial charge in [-0.1, -0.05) is 0 Å². The van der Waals surface area contributed by atoms with Crippen LogP contribution in [-0.4, -0.2) is 14.4 Å². The lowest BCUT2D eigenvalue weighted by molar-refractivity contribution is 1.13. The van der Waals surface area contributed by atoms with Crippen molar-refractivity contribution in [2.45, 2.75) is 0 Å². The summed E-state index contributed by atoms with van der Waals surface area (Å²) in [6.07, 6.45) is 6.96. The van der Waals surface area contributed by atoms with Crippen molar-refractivity contribution >= 4 is 11.5 Å². The fourth-order valence-electron chi connectivity index (χ4n) is 0.875. The van der Waals surface area contributed by atoms with E-state index in [1.54, 1.807) is 18.6 Å². The Balaban J connectivity index is 2.95. The Hall–Kier alpha value is -1.58. The summed E-state index contributed by atoms with van der Waals surface area (Å²) >= 11 is 0. The predicted molar refractivity (Wildman–Crippen MR) is 37.4 cm³/mol. The molecular weight excluding hydrogens is 128 g/mol. The molecule has 2 N–H and O–H groups in total. The van der Waals surface area contributed by atoms with Gasteiger partial charge in [0.25, 0.3) is 0 Å². The molecule has 0 saturated carbocycles. The molecule has 4 heteroatoms. The minimum Gasteiger partial charge on any atom is -0.381 e. The molecular formula is C6H6N4. The molecule has 0 atom stereocenters. The van der Waals surface area contributed by atoms with Gasteiger partial charge in [0.2, 0.25) is 0 Å². The first-order chi connectivity index (χ1) is 4.88. The molecule has 2 aromatic heterocycles. The topological polar surface area (TPSA) is 56.2 Å². The Morgan fingerprint density at radius 1 is 1.20 bits per heavy atom. The number of nitrogens with two attached hydrogens (primary N) is 1. The first-order valence-electron chi connectivity index (χ1n) is 2.91. The van der Waals surface area contributed by atoms with E-state index < -0.39 is 0 Å². The normalized spacial score (nSPS) is 10.4. The van der Waals surface area contributed by atoms with Gasteiger partial charge in [0.15, 0.2) is 11.5 Å². The first kappa shape index (κ1) is 5.22. The number of nitrogen functional groups attached to an aromatic ring is 1. The van der Waals surface area contributed by atoms with Crippen LogP contribution in [0.4, 0.5) is 5.82 Å². The molecule has 0 aliphatic rings. The van der Waals surface area contributed by atoms with Crippen LogP contribution in [0, 0.1) is 0 Å². The van der Waals surface area contributed by atoms with E-state index in [1.807, 2.05) is 10.6 Å². The zero-order chi connectivity index (χ0) is 6.97. The Labute approximate surface area is 57.3 Å². The number of imidazole rings is 1. The average Bonchev–Trinajstić information content (AvgIpc) is 2.36. The van der Waals surface area contributed by atoms with Crippen LogP contribution in [0.25, 0.3) is 5.65 Å². The quantitative estimate of drug-likeness (QED) is 0.564. The molecule has 2 rings (SSSR count). The second-order valence-electron chi connectivity index (χ2n) is 1.97. The Bertz CT molecular complexity index is 351. The van der Waals surface area contributed by atoms with E-state index in [1.165, 1.54) is 0 Å². The van der Waals surface area contributed by atoms with Gasteiger partial charge in [-0.05, 0) is 0 Å². The Morgan fingerprint density at radius 3 is 2.60 bits per heavy atom. The SMILES string of the molecule is Nc1nccn2ccnc12. The van der Waals surface area contributed by atoms with E-state index in [-0.39, 0.29) is 0 Å². The number of hydrogen-bond donors (Lipinski definition) is 1.